The smallest absolute Gasteiger partial charge is 0.304 e. The van der Waals surface area contributed by atoms with E-state index in [1.807, 2.05) is 17.9 Å². The lowest BCUT2D eigenvalue weighted by Gasteiger charge is -2.40. The molecule has 0 spiro atoms. The molecule has 1 aliphatic rings. The lowest BCUT2D eigenvalue weighted by molar-refractivity contribution is -0.137. The summed E-state index contributed by atoms with van der Waals surface area (Å²) in [5, 5.41) is 12.0. The van der Waals surface area contributed by atoms with Gasteiger partial charge in [-0.1, -0.05) is 6.07 Å². The second-order valence-electron chi connectivity index (χ2n) is 4.68. The number of piperazine rings is 1. The lowest BCUT2D eigenvalue weighted by atomic mass is 10.1. The Bertz CT molecular complexity index is 439. The maximum absolute atomic E-state index is 13.2. The molecule has 0 aliphatic carbocycles. The molecule has 1 aliphatic heterocycles. The highest BCUT2D eigenvalue weighted by Crippen LogP contribution is 2.21. The summed E-state index contributed by atoms with van der Waals surface area (Å²) < 4.78 is 13.2. The van der Waals surface area contributed by atoms with Crippen molar-refractivity contribution in [3.8, 4) is 0 Å². The van der Waals surface area contributed by atoms with Gasteiger partial charge in [-0.2, -0.15) is 0 Å². The minimum Gasteiger partial charge on any atom is -0.481 e. The predicted molar refractivity (Wildman–Crippen MR) is 67.3 cm³/mol. The molecule has 0 aromatic heterocycles. The standard InChI is InChI=1S/C13H17FN2O2/c1-9-7-15-11(6-13(17)18)8-16(9)12-4-2-3-10(14)5-12/h2-5,9,11,15H,6-8H2,1H3,(H,17,18). The van der Waals surface area contributed by atoms with E-state index in [2.05, 4.69) is 5.32 Å². The summed E-state index contributed by atoms with van der Waals surface area (Å²) in [6.45, 7) is 3.32. The van der Waals surface area contributed by atoms with Crippen LogP contribution in [0.4, 0.5) is 10.1 Å². The maximum atomic E-state index is 13.2. The second-order valence-corrected chi connectivity index (χ2v) is 4.68. The van der Waals surface area contributed by atoms with Crippen LogP contribution in [-0.2, 0) is 4.79 Å². The van der Waals surface area contributed by atoms with Gasteiger partial charge >= 0.3 is 5.97 Å². The highest BCUT2D eigenvalue weighted by atomic mass is 19.1. The van der Waals surface area contributed by atoms with Crippen molar-refractivity contribution in [1.82, 2.24) is 5.32 Å². The quantitative estimate of drug-likeness (QED) is 0.855. The van der Waals surface area contributed by atoms with Crippen molar-refractivity contribution in [2.45, 2.75) is 25.4 Å². The molecular formula is C13H17FN2O2. The first kappa shape index (κ1) is 12.8. The van der Waals surface area contributed by atoms with Gasteiger partial charge in [-0.15, -0.1) is 0 Å². The van der Waals surface area contributed by atoms with Gasteiger partial charge in [0.15, 0.2) is 0 Å². The summed E-state index contributed by atoms with van der Waals surface area (Å²) in [6, 6.07) is 6.54. The molecular weight excluding hydrogens is 235 g/mol. The molecule has 98 valence electrons. The fraction of sp³-hybridized carbons (Fsp3) is 0.462. The monoisotopic (exact) mass is 252 g/mol. The lowest BCUT2D eigenvalue weighted by Crippen LogP contribution is -2.56. The number of aliphatic carboxylic acids is 1. The minimum atomic E-state index is -0.818. The number of halogens is 1. The Balaban J connectivity index is 2.12. The van der Waals surface area contributed by atoms with E-state index in [9.17, 15) is 9.18 Å². The van der Waals surface area contributed by atoms with Gasteiger partial charge in [0.25, 0.3) is 0 Å². The van der Waals surface area contributed by atoms with Crippen LogP contribution in [-0.4, -0.2) is 36.2 Å². The van der Waals surface area contributed by atoms with Gasteiger partial charge in [0.05, 0.1) is 6.42 Å². The summed E-state index contributed by atoms with van der Waals surface area (Å²) in [5.74, 6) is -1.09. The predicted octanol–water partition coefficient (Wildman–Crippen LogP) is 1.47. The number of carboxylic acids is 1. The zero-order chi connectivity index (χ0) is 13.1. The molecule has 1 saturated heterocycles. The van der Waals surface area contributed by atoms with Crippen LogP contribution in [0.2, 0.25) is 0 Å². The highest BCUT2D eigenvalue weighted by Gasteiger charge is 2.26. The van der Waals surface area contributed by atoms with Gasteiger partial charge in [-0.25, -0.2) is 4.39 Å². The van der Waals surface area contributed by atoms with Crippen LogP contribution < -0.4 is 10.2 Å². The van der Waals surface area contributed by atoms with E-state index in [0.29, 0.717) is 13.1 Å². The second kappa shape index (κ2) is 5.35. The van der Waals surface area contributed by atoms with Gasteiger partial charge in [-0.05, 0) is 25.1 Å². The SMILES string of the molecule is CC1CNC(CC(=O)O)CN1c1cccc(F)c1. The van der Waals surface area contributed by atoms with Crippen LogP contribution in [0.15, 0.2) is 24.3 Å². The van der Waals surface area contributed by atoms with Gasteiger partial charge in [0, 0.05) is 30.9 Å². The molecule has 4 nitrogen and oxygen atoms in total. The Morgan fingerprint density at radius 1 is 1.61 bits per heavy atom. The molecule has 2 atom stereocenters. The summed E-state index contributed by atoms with van der Waals surface area (Å²) in [7, 11) is 0. The normalized spacial score (nSPS) is 24.0. The van der Waals surface area contributed by atoms with Gasteiger partial charge < -0.3 is 15.3 Å². The first-order valence-corrected chi connectivity index (χ1v) is 6.03. The van der Waals surface area contributed by atoms with Crippen molar-refractivity contribution >= 4 is 11.7 Å². The molecule has 2 N–H and O–H groups in total. The van der Waals surface area contributed by atoms with Crippen LogP contribution in [0, 0.1) is 5.82 Å². The summed E-state index contributed by atoms with van der Waals surface area (Å²) >= 11 is 0. The van der Waals surface area contributed by atoms with Gasteiger partial charge in [0.1, 0.15) is 5.82 Å². The molecule has 0 amide bonds. The van der Waals surface area contributed by atoms with Crippen LogP contribution in [0.1, 0.15) is 13.3 Å². The van der Waals surface area contributed by atoms with Gasteiger partial charge in [0.2, 0.25) is 0 Å². The summed E-state index contributed by atoms with van der Waals surface area (Å²) in [4.78, 5) is 12.8. The van der Waals surface area contributed by atoms with Crippen molar-refractivity contribution in [2.24, 2.45) is 0 Å². The topological polar surface area (TPSA) is 52.6 Å². The number of carbonyl (C=O) groups is 1. The van der Waals surface area contributed by atoms with Crippen molar-refractivity contribution < 1.29 is 14.3 Å². The molecule has 1 fully saturated rings. The fourth-order valence-electron chi connectivity index (χ4n) is 2.29. The zero-order valence-corrected chi connectivity index (χ0v) is 10.3. The molecule has 0 bridgehead atoms. The number of nitrogens with zero attached hydrogens (tertiary/aromatic N) is 1. The molecule has 18 heavy (non-hydrogen) atoms. The van der Waals surface area contributed by atoms with Crippen LogP contribution in [0.25, 0.3) is 0 Å². The third kappa shape index (κ3) is 2.98. The Morgan fingerprint density at radius 3 is 3.06 bits per heavy atom. The first-order chi connectivity index (χ1) is 8.56. The average Bonchev–Trinajstić information content (AvgIpc) is 2.31. The number of carboxylic acid groups (broad SMARTS) is 1. The number of benzene rings is 1. The molecule has 1 aromatic rings. The molecule has 0 saturated carbocycles. The van der Waals surface area contributed by atoms with Gasteiger partial charge in [-0.3, -0.25) is 4.79 Å². The number of nitrogens with one attached hydrogen (secondary N) is 1. The third-order valence-corrected chi connectivity index (χ3v) is 3.21. The van der Waals surface area contributed by atoms with E-state index in [1.165, 1.54) is 12.1 Å². The minimum absolute atomic E-state index is 0.0819. The average molecular weight is 252 g/mol. The van der Waals surface area contributed by atoms with E-state index < -0.39 is 5.97 Å². The van der Waals surface area contributed by atoms with E-state index in [1.54, 1.807) is 6.07 Å². The Kier molecular flexibility index (Phi) is 3.81. The van der Waals surface area contributed by atoms with Crippen molar-refractivity contribution in [2.75, 3.05) is 18.0 Å². The molecule has 1 aromatic carbocycles. The Hall–Kier alpha value is -1.62. The van der Waals surface area contributed by atoms with E-state index in [-0.39, 0.29) is 24.3 Å². The van der Waals surface area contributed by atoms with Crippen LogP contribution in [0.5, 0.6) is 0 Å². The summed E-state index contributed by atoms with van der Waals surface area (Å²) in [5.41, 5.74) is 0.805. The zero-order valence-electron chi connectivity index (χ0n) is 10.3. The van der Waals surface area contributed by atoms with E-state index in [0.717, 1.165) is 5.69 Å². The Labute approximate surface area is 105 Å². The maximum Gasteiger partial charge on any atom is 0.304 e. The van der Waals surface area contributed by atoms with Crippen molar-refractivity contribution in [1.29, 1.82) is 0 Å². The number of hydrogen-bond acceptors (Lipinski definition) is 3. The number of hydrogen-bond donors (Lipinski definition) is 2. The van der Waals surface area contributed by atoms with Crippen LogP contribution in [0.3, 0.4) is 0 Å². The Morgan fingerprint density at radius 2 is 2.39 bits per heavy atom. The molecule has 1 heterocycles. The number of anilines is 1. The summed E-state index contributed by atoms with van der Waals surface area (Å²) in [6.07, 6.45) is 0.0819. The highest BCUT2D eigenvalue weighted by molar-refractivity contribution is 5.67. The fourth-order valence-corrected chi connectivity index (χ4v) is 2.29. The van der Waals surface area contributed by atoms with E-state index in [4.69, 9.17) is 5.11 Å². The first-order valence-electron chi connectivity index (χ1n) is 6.03. The van der Waals surface area contributed by atoms with Crippen molar-refractivity contribution in [3.63, 3.8) is 0 Å². The third-order valence-electron chi connectivity index (χ3n) is 3.21. The molecule has 5 heteroatoms. The largest absolute Gasteiger partial charge is 0.481 e. The van der Waals surface area contributed by atoms with Crippen molar-refractivity contribution in [3.05, 3.63) is 30.1 Å². The molecule has 2 rings (SSSR count). The van der Waals surface area contributed by atoms with Crippen LogP contribution >= 0.6 is 0 Å². The molecule has 0 radical (unpaired) electrons. The molecule has 2 unspecified atom stereocenters. The number of rotatable bonds is 3. The van der Waals surface area contributed by atoms with E-state index >= 15 is 0 Å².